The van der Waals surface area contributed by atoms with Crippen molar-refractivity contribution >= 4 is 15.5 Å². The van der Waals surface area contributed by atoms with Crippen LogP contribution in [0.15, 0.2) is 12.7 Å². The van der Waals surface area contributed by atoms with Crippen LogP contribution in [0.1, 0.15) is 20.3 Å². The van der Waals surface area contributed by atoms with E-state index in [1.54, 1.807) is 0 Å². The molecule has 0 radical (unpaired) electrons. The molecule has 0 unspecified atom stereocenters. The molecule has 0 atom stereocenters. The number of carbonyl (C=O) groups is 1. The summed E-state index contributed by atoms with van der Waals surface area (Å²) < 4.78 is 15.8. The van der Waals surface area contributed by atoms with Gasteiger partial charge in [0.2, 0.25) is 0 Å². The quantitative estimate of drug-likeness (QED) is 0.186. The second-order valence-corrected chi connectivity index (χ2v) is 5.68. The second kappa shape index (κ2) is 11.8. The minimum atomic E-state index is -0.333. The largest absolute Gasteiger partial charge is 0.463 e. The zero-order valence-electron chi connectivity index (χ0n) is 10.9. The first kappa shape index (κ1) is 16.3. The Morgan fingerprint density at radius 2 is 1.94 bits per heavy atom. The van der Waals surface area contributed by atoms with E-state index in [1.807, 2.05) is 13.8 Å². The topological polar surface area (TPSA) is 44.8 Å². The van der Waals surface area contributed by atoms with E-state index in [4.69, 9.17) is 14.2 Å². The Morgan fingerprint density at radius 3 is 2.47 bits per heavy atom. The van der Waals surface area contributed by atoms with E-state index in [1.165, 1.54) is 6.08 Å². The third-order valence-corrected chi connectivity index (χ3v) is 3.90. The lowest BCUT2D eigenvalue weighted by Crippen LogP contribution is -2.18. The normalized spacial score (nSPS) is 11.2. The van der Waals surface area contributed by atoms with E-state index in [9.17, 15) is 4.79 Å². The molecule has 0 rings (SSSR count). The fourth-order valence-electron chi connectivity index (χ4n) is 1.41. The van der Waals surface area contributed by atoms with Gasteiger partial charge in [-0.3, -0.25) is 0 Å². The third kappa shape index (κ3) is 10.2. The molecule has 5 heteroatoms. The number of carbonyl (C=O) groups excluding carboxylic acids is 1. The summed E-state index contributed by atoms with van der Waals surface area (Å²) >= 11 is 0. The van der Waals surface area contributed by atoms with Gasteiger partial charge in [-0.1, -0.05) is 12.6 Å². The first-order chi connectivity index (χ1) is 8.24. The minimum absolute atomic E-state index is 0.0618. The Hall–Kier alpha value is -0.653. The van der Waals surface area contributed by atoms with Crippen molar-refractivity contribution in [1.82, 2.24) is 0 Å². The number of rotatable bonds is 11. The molecule has 0 saturated heterocycles. The highest BCUT2D eigenvalue weighted by Crippen LogP contribution is 2.05. The van der Waals surface area contributed by atoms with Crippen LogP contribution in [0.4, 0.5) is 0 Å². The van der Waals surface area contributed by atoms with Crippen LogP contribution in [-0.4, -0.2) is 41.6 Å². The van der Waals surface area contributed by atoms with Crippen LogP contribution < -0.4 is 0 Å². The fourth-order valence-corrected chi connectivity index (χ4v) is 2.73. The monoisotopic (exact) mass is 260 g/mol. The van der Waals surface area contributed by atoms with Crippen LogP contribution in [-0.2, 0) is 19.0 Å². The highest BCUT2D eigenvalue weighted by atomic mass is 28.2. The summed E-state index contributed by atoms with van der Waals surface area (Å²) in [5, 5.41) is 0. The van der Waals surface area contributed by atoms with Gasteiger partial charge in [0.15, 0.2) is 6.29 Å². The van der Waals surface area contributed by atoms with Gasteiger partial charge in [0.25, 0.3) is 0 Å². The predicted molar refractivity (Wildman–Crippen MR) is 71.0 cm³/mol. The van der Waals surface area contributed by atoms with Crippen LogP contribution in [0, 0.1) is 0 Å². The van der Waals surface area contributed by atoms with E-state index in [0.717, 1.165) is 18.5 Å². The third-order valence-electron chi connectivity index (χ3n) is 2.20. The molecule has 0 aliphatic rings. The van der Waals surface area contributed by atoms with Gasteiger partial charge in [-0.05, 0) is 26.3 Å². The van der Waals surface area contributed by atoms with Gasteiger partial charge in [-0.15, -0.1) is 0 Å². The summed E-state index contributed by atoms with van der Waals surface area (Å²) in [5.74, 6) is -0.333. The van der Waals surface area contributed by atoms with Crippen molar-refractivity contribution in [3.05, 3.63) is 12.7 Å². The van der Waals surface area contributed by atoms with E-state index >= 15 is 0 Å². The lowest BCUT2D eigenvalue weighted by molar-refractivity contribution is -0.137. The number of esters is 1. The first-order valence-electron chi connectivity index (χ1n) is 6.27. The van der Waals surface area contributed by atoms with Gasteiger partial charge in [0.05, 0.1) is 6.61 Å². The average Bonchev–Trinajstić information content (AvgIpc) is 2.33. The van der Waals surface area contributed by atoms with Gasteiger partial charge in [-0.2, -0.15) is 0 Å². The lowest BCUT2D eigenvalue weighted by atomic mass is 10.4. The molecule has 0 N–H and O–H groups in total. The summed E-state index contributed by atoms with van der Waals surface area (Å²) in [6.07, 6.45) is 2.08. The van der Waals surface area contributed by atoms with E-state index in [0.29, 0.717) is 19.8 Å². The molecule has 0 aromatic heterocycles. The highest BCUT2D eigenvalue weighted by molar-refractivity contribution is 6.35. The second-order valence-electron chi connectivity index (χ2n) is 3.56. The lowest BCUT2D eigenvalue weighted by Gasteiger charge is -2.16. The molecular weight excluding hydrogens is 236 g/mol. The van der Waals surface area contributed by atoms with Crippen molar-refractivity contribution in [2.24, 2.45) is 0 Å². The van der Waals surface area contributed by atoms with Gasteiger partial charge in [0, 0.05) is 28.8 Å². The van der Waals surface area contributed by atoms with Crippen molar-refractivity contribution in [2.75, 3.05) is 19.8 Å². The van der Waals surface area contributed by atoms with Gasteiger partial charge in [-0.25, -0.2) is 4.79 Å². The van der Waals surface area contributed by atoms with Crippen molar-refractivity contribution in [3.8, 4) is 0 Å². The molecule has 0 aliphatic heterocycles. The Bertz CT molecular complexity index is 203. The highest BCUT2D eigenvalue weighted by Gasteiger charge is 2.07. The maximum atomic E-state index is 10.8. The van der Waals surface area contributed by atoms with Gasteiger partial charge < -0.3 is 14.2 Å². The van der Waals surface area contributed by atoms with Crippen LogP contribution in [0.3, 0.4) is 0 Å². The van der Waals surface area contributed by atoms with Crippen molar-refractivity contribution < 1.29 is 19.0 Å². The van der Waals surface area contributed by atoms with Gasteiger partial charge >= 0.3 is 5.97 Å². The molecule has 4 nitrogen and oxygen atoms in total. The van der Waals surface area contributed by atoms with Crippen LogP contribution in [0.25, 0.3) is 0 Å². The molecule has 0 bridgehead atoms. The average molecular weight is 260 g/mol. The standard InChI is InChI=1S/C12H24O4Si/c1-4-11(13)16-8-10-17-9-7-12(14-5-2)15-6-3/h4,12H,1,5-10,17H2,2-3H3. The molecule has 0 saturated carbocycles. The molecule has 0 aliphatic carbocycles. The summed E-state index contributed by atoms with van der Waals surface area (Å²) in [7, 11) is -0.188. The zero-order chi connectivity index (χ0) is 12.9. The Kier molecular flexibility index (Phi) is 11.4. The number of hydrogen-bond acceptors (Lipinski definition) is 4. The Balaban J connectivity index is 3.41. The summed E-state index contributed by atoms with van der Waals surface area (Å²) in [4.78, 5) is 10.8. The fraction of sp³-hybridized carbons (Fsp3) is 0.750. The summed E-state index contributed by atoms with van der Waals surface area (Å²) in [6.45, 7) is 9.17. The molecule has 0 aromatic rings. The zero-order valence-corrected chi connectivity index (χ0v) is 12.4. The molecule has 0 fully saturated rings. The van der Waals surface area contributed by atoms with Crippen molar-refractivity contribution in [1.29, 1.82) is 0 Å². The number of ether oxygens (including phenoxy) is 3. The van der Waals surface area contributed by atoms with E-state index in [-0.39, 0.29) is 21.8 Å². The van der Waals surface area contributed by atoms with Crippen molar-refractivity contribution in [3.63, 3.8) is 0 Å². The van der Waals surface area contributed by atoms with E-state index < -0.39 is 0 Å². The molecule has 0 spiro atoms. The Labute approximate surface area is 106 Å². The minimum Gasteiger partial charge on any atom is -0.463 e. The van der Waals surface area contributed by atoms with Gasteiger partial charge in [0.1, 0.15) is 0 Å². The molecule has 0 amide bonds. The SMILES string of the molecule is C=CC(=O)OCC[SiH2]CCC(OCC)OCC. The molecule has 0 heterocycles. The van der Waals surface area contributed by atoms with Crippen molar-refractivity contribution in [2.45, 2.75) is 38.6 Å². The van der Waals surface area contributed by atoms with Crippen LogP contribution in [0.2, 0.25) is 12.1 Å². The summed E-state index contributed by atoms with van der Waals surface area (Å²) in [5.41, 5.74) is 0. The van der Waals surface area contributed by atoms with Crippen LogP contribution in [0.5, 0.6) is 0 Å². The van der Waals surface area contributed by atoms with E-state index in [2.05, 4.69) is 6.58 Å². The first-order valence-corrected chi connectivity index (χ1v) is 8.27. The number of hydrogen-bond donors (Lipinski definition) is 0. The predicted octanol–water partition coefficient (Wildman–Crippen LogP) is 1.51. The smallest absolute Gasteiger partial charge is 0.330 e. The Morgan fingerprint density at radius 1 is 1.29 bits per heavy atom. The maximum Gasteiger partial charge on any atom is 0.330 e. The molecule has 17 heavy (non-hydrogen) atoms. The van der Waals surface area contributed by atoms with Crippen LogP contribution >= 0.6 is 0 Å². The molecule has 100 valence electrons. The molecule has 0 aromatic carbocycles. The maximum absolute atomic E-state index is 10.8. The summed E-state index contributed by atoms with van der Waals surface area (Å²) in [6, 6.07) is 2.15. The molecular formula is C12H24O4Si.